The first-order valence-electron chi connectivity index (χ1n) is 5.81. The van der Waals surface area contributed by atoms with Gasteiger partial charge >= 0.3 is 0 Å². The quantitative estimate of drug-likeness (QED) is 0.829. The van der Waals surface area contributed by atoms with E-state index in [2.05, 4.69) is 25.1 Å². The molecule has 2 aromatic rings. The van der Waals surface area contributed by atoms with E-state index in [4.69, 9.17) is 16.3 Å². The Kier molecular flexibility index (Phi) is 4.91. The van der Waals surface area contributed by atoms with Crippen LogP contribution in [-0.2, 0) is 0 Å². The predicted molar refractivity (Wildman–Crippen MR) is 76.5 cm³/mol. The summed E-state index contributed by atoms with van der Waals surface area (Å²) in [6.07, 6.45) is 0. The van der Waals surface area contributed by atoms with Gasteiger partial charge in [-0.1, -0.05) is 0 Å². The number of aromatic nitrogens is 5. The van der Waals surface area contributed by atoms with Crippen molar-refractivity contribution in [2.75, 3.05) is 25.6 Å². The summed E-state index contributed by atoms with van der Waals surface area (Å²) in [4.78, 5) is 14.1. The predicted octanol–water partition coefficient (Wildman–Crippen LogP) is 1.93. The zero-order valence-corrected chi connectivity index (χ0v) is 12.8. The van der Waals surface area contributed by atoms with Crippen molar-refractivity contribution in [3.63, 3.8) is 0 Å². The molecule has 9 heteroatoms. The van der Waals surface area contributed by atoms with Gasteiger partial charge in [-0.25, -0.2) is 0 Å². The minimum Gasteiger partial charge on any atom is -0.477 e. The summed E-state index contributed by atoms with van der Waals surface area (Å²) in [5, 5.41) is 9.23. The van der Waals surface area contributed by atoms with E-state index < -0.39 is 0 Å². The first-order valence-corrected chi connectivity index (χ1v) is 7.01. The average Bonchev–Trinajstić information content (AvgIpc) is 2.40. The standard InChI is InChI=1S/C11H13ClN6OS/c1-4-19-7-5-6-8(17-16-7)20-11-14-9(12)13-10(15-11)18(2)3/h5-6H,4H2,1-3H3. The Bertz CT molecular complexity index is 580. The van der Waals surface area contributed by atoms with E-state index in [9.17, 15) is 0 Å². The van der Waals surface area contributed by atoms with Crippen LogP contribution in [0.4, 0.5) is 5.95 Å². The van der Waals surface area contributed by atoms with Crippen LogP contribution in [0, 0.1) is 0 Å². The molecule has 20 heavy (non-hydrogen) atoms. The van der Waals surface area contributed by atoms with Crippen molar-refractivity contribution in [1.29, 1.82) is 0 Å². The Morgan fingerprint density at radius 1 is 1.20 bits per heavy atom. The van der Waals surface area contributed by atoms with Gasteiger partial charge in [-0.05, 0) is 36.4 Å². The lowest BCUT2D eigenvalue weighted by molar-refractivity contribution is 0.321. The Labute approximate surface area is 125 Å². The molecule has 0 aliphatic carbocycles. The summed E-state index contributed by atoms with van der Waals surface area (Å²) < 4.78 is 5.23. The molecule has 0 radical (unpaired) electrons. The van der Waals surface area contributed by atoms with Gasteiger partial charge < -0.3 is 9.64 Å². The van der Waals surface area contributed by atoms with Crippen LogP contribution in [0.2, 0.25) is 5.28 Å². The van der Waals surface area contributed by atoms with E-state index in [0.29, 0.717) is 28.6 Å². The highest BCUT2D eigenvalue weighted by molar-refractivity contribution is 7.99. The fourth-order valence-electron chi connectivity index (χ4n) is 1.25. The molecule has 0 aromatic carbocycles. The summed E-state index contributed by atoms with van der Waals surface area (Å²) in [7, 11) is 3.66. The maximum atomic E-state index is 5.87. The lowest BCUT2D eigenvalue weighted by atomic mass is 10.6. The SMILES string of the molecule is CCOc1ccc(Sc2nc(Cl)nc(N(C)C)n2)nn1. The third-order valence-electron chi connectivity index (χ3n) is 2.08. The van der Waals surface area contributed by atoms with Gasteiger partial charge in [0.25, 0.3) is 0 Å². The Hall–Kier alpha value is -1.67. The van der Waals surface area contributed by atoms with Crippen molar-refractivity contribution in [3.8, 4) is 5.88 Å². The number of anilines is 1. The molecule has 0 saturated heterocycles. The molecule has 0 unspecified atom stereocenters. The molecule has 0 spiro atoms. The van der Waals surface area contributed by atoms with Crippen molar-refractivity contribution >= 4 is 29.3 Å². The zero-order chi connectivity index (χ0) is 14.5. The second-order valence-corrected chi connectivity index (χ2v) is 5.15. The number of ether oxygens (including phenoxy) is 1. The minimum atomic E-state index is 0.144. The van der Waals surface area contributed by atoms with Crippen LogP contribution in [0.25, 0.3) is 0 Å². The molecule has 0 aliphatic rings. The molecule has 0 bridgehead atoms. The summed E-state index contributed by atoms with van der Waals surface area (Å²) >= 11 is 7.13. The molecule has 0 N–H and O–H groups in total. The zero-order valence-electron chi connectivity index (χ0n) is 11.2. The molecule has 106 valence electrons. The molecule has 7 nitrogen and oxygen atoms in total. The van der Waals surface area contributed by atoms with E-state index in [1.165, 1.54) is 11.8 Å². The summed E-state index contributed by atoms with van der Waals surface area (Å²) in [5.41, 5.74) is 0. The summed E-state index contributed by atoms with van der Waals surface area (Å²) in [6.45, 7) is 2.44. The van der Waals surface area contributed by atoms with Crippen LogP contribution in [0.1, 0.15) is 6.92 Å². The molecule has 0 atom stereocenters. The number of nitrogens with zero attached hydrogens (tertiary/aromatic N) is 6. The van der Waals surface area contributed by atoms with Gasteiger partial charge in [0, 0.05) is 20.2 Å². The van der Waals surface area contributed by atoms with E-state index in [0.717, 1.165) is 0 Å². The highest BCUT2D eigenvalue weighted by Crippen LogP contribution is 2.24. The monoisotopic (exact) mass is 312 g/mol. The second kappa shape index (κ2) is 6.67. The molecular formula is C11H13ClN6OS. The first kappa shape index (κ1) is 14.7. The number of hydrogen-bond donors (Lipinski definition) is 0. The second-order valence-electron chi connectivity index (χ2n) is 3.83. The molecular weight excluding hydrogens is 300 g/mol. The molecule has 0 fully saturated rings. The highest BCUT2D eigenvalue weighted by atomic mass is 35.5. The molecule has 2 rings (SSSR count). The van der Waals surface area contributed by atoms with Crippen molar-refractivity contribution in [3.05, 3.63) is 17.4 Å². The third kappa shape index (κ3) is 3.91. The lowest BCUT2D eigenvalue weighted by Gasteiger charge is -2.10. The van der Waals surface area contributed by atoms with Crippen molar-refractivity contribution in [2.45, 2.75) is 17.1 Å². The fourth-order valence-corrected chi connectivity index (χ4v) is 2.12. The maximum absolute atomic E-state index is 5.87. The van der Waals surface area contributed by atoms with Gasteiger partial charge in [-0.2, -0.15) is 15.0 Å². The Balaban J connectivity index is 2.16. The lowest BCUT2D eigenvalue weighted by Crippen LogP contribution is -2.13. The molecule has 0 amide bonds. The molecule has 2 heterocycles. The van der Waals surface area contributed by atoms with Crippen LogP contribution >= 0.6 is 23.4 Å². The third-order valence-corrected chi connectivity index (χ3v) is 3.04. The normalized spacial score (nSPS) is 10.4. The largest absolute Gasteiger partial charge is 0.477 e. The first-order chi connectivity index (χ1) is 9.58. The van der Waals surface area contributed by atoms with Crippen LogP contribution in [0.5, 0.6) is 5.88 Å². The topological polar surface area (TPSA) is 76.9 Å². The van der Waals surface area contributed by atoms with Crippen molar-refractivity contribution in [1.82, 2.24) is 25.1 Å². The summed E-state index contributed by atoms with van der Waals surface area (Å²) in [5.74, 6) is 0.978. The Morgan fingerprint density at radius 2 is 2.00 bits per heavy atom. The van der Waals surface area contributed by atoms with Crippen LogP contribution in [-0.4, -0.2) is 45.9 Å². The summed E-state index contributed by atoms with van der Waals surface area (Å²) in [6, 6.07) is 3.53. The van der Waals surface area contributed by atoms with Gasteiger partial charge in [0.1, 0.15) is 5.03 Å². The van der Waals surface area contributed by atoms with Gasteiger partial charge in [0.15, 0.2) is 5.16 Å². The van der Waals surface area contributed by atoms with Gasteiger partial charge in [-0.3, -0.25) is 0 Å². The number of hydrogen-bond acceptors (Lipinski definition) is 8. The molecule has 0 saturated carbocycles. The van der Waals surface area contributed by atoms with E-state index in [1.54, 1.807) is 17.0 Å². The van der Waals surface area contributed by atoms with Gasteiger partial charge in [0.2, 0.25) is 17.1 Å². The van der Waals surface area contributed by atoms with Crippen molar-refractivity contribution < 1.29 is 4.74 Å². The maximum Gasteiger partial charge on any atom is 0.233 e. The fraction of sp³-hybridized carbons (Fsp3) is 0.364. The van der Waals surface area contributed by atoms with Crippen molar-refractivity contribution in [2.24, 2.45) is 0 Å². The number of halogens is 1. The number of rotatable bonds is 5. The van der Waals surface area contributed by atoms with Crippen LogP contribution < -0.4 is 9.64 Å². The highest BCUT2D eigenvalue weighted by Gasteiger charge is 2.09. The molecule has 2 aromatic heterocycles. The van der Waals surface area contributed by atoms with E-state index >= 15 is 0 Å². The Morgan fingerprint density at radius 3 is 2.60 bits per heavy atom. The minimum absolute atomic E-state index is 0.144. The smallest absolute Gasteiger partial charge is 0.233 e. The van der Waals surface area contributed by atoms with Gasteiger partial charge in [-0.15, -0.1) is 10.2 Å². The van der Waals surface area contributed by atoms with E-state index in [1.807, 2.05) is 21.0 Å². The van der Waals surface area contributed by atoms with E-state index in [-0.39, 0.29) is 5.28 Å². The van der Waals surface area contributed by atoms with Gasteiger partial charge in [0.05, 0.1) is 6.61 Å². The average molecular weight is 313 g/mol. The van der Waals surface area contributed by atoms with Crippen LogP contribution in [0.15, 0.2) is 22.3 Å². The van der Waals surface area contributed by atoms with Crippen LogP contribution in [0.3, 0.4) is 0 Å². The molecule has 0 aliphatic heterocycles.